The molecule has 92 valence electrons. The molecule has 2 rings (SSSR count). The van der Waals surface area contributed by atoms with E-state index in [0.717, 1.165) is 19.4 Å². The van der Waals surface area contributed by atoms with Crippen molar-refractivity contribution in [2.45, 2.75) is 32.2 Å². The summed E-state index contributed by atoms with van der Waals surface area (Å²) in [6.07, 6.45) is 2.12. The number of carboxylic acid groups (broad SMARTS) is 1. The molecular formula is C13H16ClNO2. The molecule has 0 amide bonds. The molecular weight excluding hydrogens is 238 g/mol. The van der Waals surface area contributed by atoms with Gasteiger partial charge in [-0.25, -0.2) is 4.79 Å². The van der Waals surface area contributed by atoms with Crippen molar-refractivity contribution in [3.05, 3.63) is 28.8 Å². The van der Waals surface area contributed by atoms with Crippen LogP contribution in [0.2, 0.25) is 5.02 Å². The van der Waals surface area contributed by atoms with Gasteiger partial charge in [0.15, 0.2) is 0 Å². The predicted molar refractivity (Wildman–Crippen MR) is 69.1 cm³/mol. The van der Waals surface area contributed by atoms with Crippen LogP contribution < -0.4 is 4.90 Å². The van der Waals surface area contributed by atoms with E-state index in [9.17, 15) is 9.90 Å². The maximum absolute atomic E-state index is 11.3. The van der Waals surface area contributed by atoms with Gasteiger partial charge in [0, 0.05) is 12.1 Å². The Labute approximate surface area is 106 Å². The van der Waals surface area contributed by atoms with E-state index >= 15 is 0 Å². The number of anilines is 1. The largest absolute Gasteiger partial charge is 0.478 e. The number of hydrogen-bond donors (Lipinski definition) is 1. The normalized spacial score (nSPS) is 18.4. The quantitative estimate of drug-likeness (QED) is 0.878. The summed E-state index contributed by atoms with van der Waals surface area (Å²) in [4.78, 5) is 13.4. The molecule has 1 saturated heterocycles. The first-order chi connectivity index (χ1) is 7.93. The van der Waals surface area contributed by atoms with E-state index in [2.05, 4.69) is 18.7 Å². The molecule has 0 aromatic heterocycles. The molecule has 0 unspecified atom stereocenters. The molecule has 0 saturated carbocycles. The van der Waals surface area contributed by atoms with Gasteiger partial charge in [-0.2, -0.15) is 0 Å². The summed E-state index contributed by atoms with van der Waals surface area (Å²) in [7, 11) is 0. The van der Waals surface area contributed by atoms with Gasteiger partial charge in [0.2, 0.25) is 0 Å². The lowest BCUT2D eigenvalue weighted by molar-refractivity contribution is 0.0697. The van der Waals surface area contributed by atoms with Crippen molar-refractivity contribution in [2.24, 2.45) is 0 Å². The van der Waals surface area contributed by atoms with E-state index in [4.69, 9.17) is 11.6 Å². The second-order valence-electron chi connectivity index (χ2n) is 5.01. The number of rotatable bonds is 2. The highest BCUT2D eigenvalue weighted by molar-refractivity contribution is 6.34. The van der Waals surface area contributed by atoms with Crippen LogP contribution in [0, 0.1) is 0 Å². The Kier molecular flexibility index (Phi) is 3.04. The third-order valence-electron chi connectivity index (χ3n) is 3.39. The van der Waals surface area contributed by atoms with Crippen LogP contribution in [0.1, 0.15) is 37.0 Å². The molecule has 1 N–H and O–H groups in total. The summed E-state index contributed by atoms with van der Waals surface area (Å²) < 4.78 is 0. The van der Waals surface area contributed by atoms with Crippen LogP contribution in [0.15, 0.2) is 18.2 Å². The van der Waals surface area contributed by atoms with Crippen LogP contribution in [0.5, 0.6) is 0 Å². The van der Waals surface area contributed by atoms with Crippen LogP contribution in [0.4, 0.5) is 5.69 Å². The molecule has 1 aliphatic heterocycles. The average Bonchev–Trinajstić information content (AvgIpc) is 2.57. The zero-order chi connectivity index (χ0) is 12.6. The number of carboxylic acids is 1. The van der Waals surface area contributed by atoms with Gasteiger partial charge in [0.25, 0.3) is 0 Å². The van der Waals surface area contributed by atoms with E-state index in [0.29, 0.717) is 10.7 Å². The maximum atomic E-state index is 11.3. The van der Waals surface area contributed by atoms with E-state index in [1.807, 2.05) is 0 Å². The molecule has 1 aromatic rings. The lowest BCUT2D eigenvalue weighted by Crippen LogP contribution is -2.39. The Morgan fingerprint density at radius 3 is 2.71 bits per heavy atom. The molecule has 0 atom stereocenters. The van der Waals surface area contributed by atoms with Crippen molar-refractivity contribution in [1.82, 2.24) is 0 Å². The first kappa shape index (κ1) is 12.2. The molecule has 1 heterocycles. The van der Waals surface area contributed by atoms with Crippen LogP contribution in [-0.2, 0) is 0 Å². The fourth-order valence-corrected chi connectivity index (χ4v) is 2.76. The van der Waals surface area contributed by atoms with Crippen molar-refractivity contribution in [2.75, 3.05) is 11.4 Å². The number of para-hydroxylation sites is 1. The fourth-order valence-electron chi connectivity index (χ4n) is 2.48. The Morgan fingerprint density at radius 2 is 2.18 bits per heavy atom. The molecule has 1 fully saturated rings. The SMILES string of the molecule is CC1(C)CCCN1c1c(Cl)cccc1C(=O)O. The van der Waals surface area contributed by atoms with Crippen LogP contribution in [0.25, 0.3) is 0 Å². The molecule has 1 aliphatic rings. The molecule has 0 bridgehead atoms. The second kappa shape index (κ2) is 4.22. The standard InChI is InChI=1S/C13H16ClNO2/c1-13(2)7-4-8-15(13)11-9(12(16)17)5-3-6-10(11)14/h3,5-6H,4,7-8H2,1-2H3,(H,16,17). The predicted octanol–water partition coefficient (Wildman–Crippen LogP) is 3.42. The lowest BCUT2D eigenvalue weighted by Gasteiger charge is -2.35. The first-order valence-corrected chi connectivity index (χ1v) is 6.11. The molecule has 0 radical (unpaired) electrons. The molecule has 0 aliphatic carbocycles. The molecule has 4 heteroatoms. The van der Waals surface area contributed by atoms with Crippen molar-refractivity contribution < 1.29 is 9.90 Å². The minimum absolute atomic E-state index is 0.0325. The van der Waals surface area contributed by atoms with Crippen molar-refractivity contribution in [1.29, 1.82) is 0 Å². The molecule has 1 aromatic carbocycles. The van der Waals surface area contributed by atoms with E-state index in [-0.39, 0.29) is 11.1 Å². The number of nitrogens with zero attached hydrogens (tertiary/aromatic N) is 1. The highest BCUT2D eigenvalue weighted by Gasteiger charge is 2.35. The van der Waals surface area contributed by atoms with E-state index in [1.165, 1.54) is 0 Å². The summed E-state index contributed by atoms with van der Waals surface area (Å²) in [6.45, 7) is 5.10. The summed E-state index contributed by atoms with van der Waals surface area (Å²) in [5.74, 6) is -0.926. The molecule has 3 nitrogen and oxygen atoms in total. The number of aromatic carboxylic acids is 1. The van der Waals surface area contributed by atoms with Gasteiger partial charge < -0.3 is 10.0 Å². The monoisotopic (exact) mass is 253 g/mol. The highest BCUT2D eigenvalue weighted by atomic mass is 35.5. The van der Waals surface area contributed by atoms with Gasteiger partial charge in [-0.15, -0.1) is 0 Å². The number of benzene rings is 1. The lowest BCUT2D eigenvalue weighted by atomic mass is 10.0. The van der Waals surface area contributed by atoms with Gasteiger partial charge in [0.1, 0.15) is 0 Å². The van der Waals surface area contributed by atoms with Crippen LogP contribution in [-0.4, -0.2) is 23.2 Å². The second-order valence-corrected chi connectivity index (χ2v) is 5.42. The zero-order valence-electron chi connectivity index (χ0n) is 10.0. The third-order valence-corrected chi connectivity index (χ3v) is 3.69. The third kappa shape index (κ3) is 2.12. The Balaban J connectivity index is 2.54. The summed E-state index contributed by atoms with van der Waals surface area (Å²) in [5.41, 5.74) is 0.909. The van der Waals surface area contributed by atoms with Gasteiger partial charge in [-0.3, -0.25) is 0 Å². The zero-order valence-corrected chi connectivity index (χ0v) is 10.8. The van der Waals surface area contributed by atoms with Gasteiger partial charge in [0.05, 0.1) is 16.3 Å². The van der Waals surface area contributed by atoms with Crippen LogP contribution >= 0.6 is 11.6 Å². The molecule has 17 heavy (non-hydrogen) atoms. The van der Waals surface area contributed by atoms with E-state index < -0.39 is 5.97 Å². The van der Waals surface area contributed by atoms with Gasteiger partial charge in [-0.05, 0) is 38.8 Å². The summed E-state index contributed by atoms with van der Waals surface area (Å²) in [5, 5.41) is 9.75. The summed E-state index contributed by atoms with van der Waals surface area (Å²) >= 11 is 6.18. The summed E-state index contributed by atoms with van der Waals surface area (Å²) in [6, 6.07) is 5.04. The minimum Gasteiger partial charge on any atom is -0.478 e. The smallest absolute Gasteiger partial charge is 0.337 e. The number of hydrogen-bond acceptors (Lipinski definition) is 2. The topological polar surface area (TPSA) is 40.5 Å². The number of halogens is 1. The van der Waals surface area contributed by atoms with Crippen molar-refractivity contribution in [3.8, 4) is 0 Å². The molecule has 0 spiro atoms. The van der Waals surface area contributed by atoms with Crippen LogP contribution in [0.3, 0.4) is 0 Å². The Bertz CT molecular complexity index is 457. The number of carbonyl (C=O) groups is 1. The first-order valence-electron chi connectivity index (χ1n) is 5.73. The van der Waals surface area contributed by atoms with Crippen molar-refractivity contribution in [3.63, 3.8) is 0 Å². The maximum Gasteiger partial charge on any atom is 0.337 e. The average molecular weight is 254 g/mol. The highest BCUT2D eigenvalue weighted by Crippen LogP contribution is 2.39. The van der Waals surface area contributed by atoms with Gasteiger partial charge in [-0.1, -0.05) is 17.7 Å². The van der Waals surface area contributed by atoms with Crippen molar-refractivity contribution >= 4 is 23.3 Å². The Hall–Kier alpha value is -1.22. The Morgan fingerprint density at radius 1 is 1.47 bits per heavy atom. The van der Waals surface area contributed by atoms with Gasteiger partial charge >= 0.3 is 5.97 Å². The minimum atomic E-state index is -0.926. The van der Waals surface area contributed by atoms with E-state index in [1.54, 1.807) is 18.2 Å². The fraction of sp³-hybridized carbons (Fsp3) is 0.462.